The molecule has 1 heterocycles. The summed E-state index contributed by atoms with van der Waals surface area (Å²) in [4.78, 5) is 0. The summed E-state index contributed by atoms with van der Waals surface area (Å²) in [6.45, 7) is 8.03. The minimum Gasteiger partial charge on any atom is -0.316 e. The fourth-order valence-corrected chi connectivity index (χ4v) is 4.98. The quantitative estimate of drug-likeness (QED) is 0.690. The van der Waals surface area contributed by atoms with Gasteiger partial charge in [-0.25, -0.2) is 0 Å². The van der Waals surface area contributed by atoms with Crippen molar-refractivity contribution >= 4 is 10.2 Å². The van der Waals surface area contributed by atoms with Crippen molar-refractivity contribution in [2.24, 2.45) is 5.92 Å². The fraction of sp³-hybridized carbons (Fsp3) is 1.00. The zero-order valence-electron chi connectivity index (χ0n) is 12.8. The summed E-state index contributed by atoms with van der Waals surface area (Å²) in [5.41, 5.74) is 0. The van der Waals surface area contributed by atoms with Gasteiger partial charge in [-0.1, -0.05) is 13.8 Å². The van der Waals surface area contributed by atoms with Crippen molar-refractivity contribution < 1.29 is 8.42 Å². The molecule has 0 aromatic carbocycles. The van der Waals surface area contributed by atoms with E-state index < -0.39 is 10.2 Å². The highest BCUT2D eigenvalue weighted by Crippen LogP contribution is 2.31. The van der Waals surface area contributed by atoms with Gasteiger partial charge in [0.05, 0.1) is 0 Å². The fourth-order valence-electron chi connectivity index (χ4n) is 3.01. The number of hydrogen-bond donors (Lipinski definition) is 1. The normalized spacial score (nSPS) is 25.2. The third-order valence-electron chi connectivity index (χ3n) is 4.23. The average Bonchev–Trinajstić information content (AvgIpc) is 3.25. The zero-order valence-corrected chi connectivity index (χ0v) is 13.7. The Bertz CT molecular complexity index is 395. The van der Waals surface area contributed by atoms with Crippen molar-refractivity contribution in [1.82, 2.24) is 13.9 Å². The molecule has 1 unspecified atom stereocenters. The number of nitrogens with one attached hydrogen (secondary N) is 1. The molecule has 0 amide bonds. The number of rotatable bonds is 8. The van der Waals surface area contributed by atoms with Gasteiger partial charge in [-0.05, 0) is 51.1 Å². The minimum atomic E-state index is -3.24. The molecule has 0 aromatic heterocycles. The number of piperidine rings is 1. The van der Waals surface area contributed by atoms with E-state index in [1.807, 2.05) is 6.92 Å². The molecule has 1 aliphatic carbocycles. The van der Waals surface area contributed by atoms with E-state index in [0.717, 1.165) is 45.2 Å². The Balaban J connectivity index is 1.93. The molecule has 0 aromatic rings. The first kappa shape index (κ1) is 16.2. The molecule has 0 spiro atoms. The van der Waals surface area contributed by atoms with Crippen LogP contribution in [0.25, 0.3) is 0 Å². The summed E-state index contributed by atoms with van der Waals surface area (Å²) >= 11 is 0. The summed E-state index contributed by atoms with van der Waals surface area (Å²) < 4.78 is 28.8. The molecular weight excluding hydrogens is 274 g/mol. The zero-order chi connectivity index (χ0) is 14.6. The van der Waals surface area contributed by atoms with Crippen molar-refractivity contribution in [2.45, 2.75) is 52.0 Å². The molecule has 2 rings (SSSR count). The van der Waals surface area contributed by atoms with Crippen molar-refractivity contribution in [3.8, 4) is 0 Å². The molecule has 2 aliphatic rings. The maximum absolute atomic E-state index is 12.7. The molecule has 1 aliphatic heterocycles. The Kier molecular flexibility index (Phi) is 5.84. The first-order chi connectivity index (χ1) is 9.59. The summed E-state index contributed by atoms with van der Waals surface area (Å²) in [6, 6.07) is 0.267. The Hall–Kier alpha value is -0.170. The molecule has 1 saturated carbocycles. The molecule has 0 bridgehead atoms. The molecule has 0 radical (unpaired) electrons. The van der Waals surface area contributed by atoms with Crippen LogP contribution in [0.2, 0.25) is 0 Å². The summed E-state index contributed by atoms with van der Waals surface area (Å²) in [6.07, 6.45) is 5.31. The summed E-state index contributed by atoms with van der Waals surface area (Å²) in [5.74, 6) is 0.461. The van der Waals surface area contributed by atoms with Crippen molar-refractivity contribution in [3.63, 3.8) is 0 Å². The van der Waals surface area contributed by atoms with Crippen LogP contribution >= 0.6 is 0 Å². The van der Waals surface area contributed by atoms with Crippen LogP contribution in [-0.2, 0) is 10.2 Å². The van der Waals surface area contributed by atoms with Gasteiger partial charge in [0.1, 0.15) is 0 Å². The molecular formula is C14H29N3O2S. The predicted molar refractivity (Wildman–Crippen MR) is 81.8 cm³/mol. The van der Waals surface area contributed by atoms with Gasteiger partial charge in [0.2, 0.25) is 0 Å². The Labute approximate surface area is 123 Å². The monoisotopic (exact) mass is 303 g/mol. The van der Waals surface area contributed by atoms with E-state index >= 15 is 0 Å². The lowest BCUT2D eigenvalue weighted by Gasteiger charge is -2.35. The highest BCUT2D eigenvalue weighted by atomic mass is 32.2. The van der Waals surface area contributed by atoms with Crippen molar-refractivity contribution in [1.29, 1.82) is 0 Å². The average molecular weight is 303 g/mol. The van der Waals surface area contributed by atoms with Crippen molar-refractivity contribution in [2.75, 3.05) is 32.7 Å². The van der Waals surface area contributed by atoms with E-state index in [9.17, 15) is 8.42 Å². The van der Waals surface area contributed by atoms with Crippen LogP contribution in [0.3, 0.4) is 0 Å². The van der Waals surface area contributed by atoms with Gasteiger partial charge in [-0.2, -0.15) is 17.0 Å². The van der Waals surface area contributed by atoms with E-state index in [2.05, 4.69) is 12.2 Å². The third-order valence-corrected chi connectivity index (χ3v) is 6.36. The number of hydrogen-bond acceptors (Lipinski definition) is 3. The lowest BCUT2D eigenvalue weighted by Crippen LogP contribution is -2.49. The van der Waals surface area contributed by atoms with Crippen LogP contribution in [-0.4, -0.2) is 55.8 Å². The van der Waals surface area contributed by atoms with Crippen LogP contribution in [0.4, 0.5) is 0 Å². The molecule has 2 fully saturated rings. The van der Waals surface area contributed by atoms with E-state index in [1.165, 1.54) is 0 Å². The maximum atomic E-state index is 12.7. The van der Waals surface area contributed by atoms with Crippen LogP contribution in [0.15, 0.2) is 0 Å². The second-order valence-electron chi connectivity index (χ2n) is 6.01. The van der Waals surface area contributed by atoms with Gasteiger partial charge in [0.15, 0.2) is 0 Å². The standard InChI is InChI=1S/C14H29N3O2S/c1-3-9-15-11-13-6-5-10-16(12-13)20(18,19)17(4-2)14-7-8-14/h13-15H,3-12H2,1-2H3. The van der Waals surface area contributed by atoms with Crippen LogP contribution < -0.4 is 5.32 Å². The predicted octanol–water partition coefficient (Wildman–Crippen LogP) is 1.43. The molecule has 6 heteroatoms. The molecule has 118 valence electrons. The minimum absolute atomic E-state index is 0.267. The molecule has 1 saturated heterocycles. The SMILES string of the molecule is CCCNCC1CCCN(S(=O)(=O)N(CC)C2CC2)C1. The third kappa shape index (κ3) is 3.93. The van der Waals surface area contributed by atoms with Gasteiger partial charge in [-0.15, -0.1) is 0 Å². The molecule has 5 nitrogen and oxygen atoms in total. The number of nitrogens with zero attached hydrogens (tertiary/aromatic N) is 2. The largest absolute Gasteiger partial charge is 0.316 e. The Morgan fingerprint density at radius 3 is 2.60 bits per heavy atom. The van der Waals surface area contributed by atoms with Gasteiger partial charge in [0, 0.05) is 25.7 Å². The van der Waals surface area contributed by atoms with Crippen LogP contribution in [0.1, 0.15) is 46.0 Å². The topological polar surface area (TPSA) is 52.7 Å². The van der Waals surface area contributed by atoms with E-state index in [-0.39, 0.29) is 6.04 Å². The van der Waals surface area contributed by atoms with Gasteiger partial charge in [0.25, 0.3) is 10.2 Å². The van der Waals surface area contributed by atoms with E-state index in [4.69, 9.17) is 0 Å². The van der Waals surface area contributed by atoms with Gasteiger partial charge in [-0.3, -0.25) is 0 Å². The summed E-state index contributed by atoms with van der Waals surface area (Å²) in [5, 5.41) is 3.42. The van der Waals surface area contributed by atoms with Crippen LogP contribution in [0, 0.1) is 5.92 Å². The second-order valence-corrected chi connectivity index (χ2v) is 7.89. The Morgan fingerprint density at radius 2 is 2.00 bits per heavy atom. The van der Waals surface area contributed by atoms with Gasteiger partial charge < -0.3 is 5.32 Å². The molecule has 1 N–H and O–H groups in total. The lowest BCUT2D eigenvalue weighted by molar-refractivity contribution is 0.241. The van der Waals surface area contributed by atoms with E-state index in [0.29, 0.717) is 25.6 Å². The highest BCUT2D eigenvalue weighted by molar-refractivity contribution is 7.86. The van der Waals surface area contributed by atoms with E-state index in [1.54, 1.807) is 8.61 Å². The smallest absolute Gasteiger partial charge is 0.282 e. The van der Waals surface area contributed by atoms with Crippen molar-refractivity contribution in [3.05, 3.63) is 0 Å². The summed E-state index contributed by atoms with van der Waals surface area (Å²) in [7, 11) is -3.24. The van der Waals surface area contributed by atoms with Crippen LogP contribution in [0.5, 0.6) is 0 Å². The second kappa shape index (κ2) is 7.20. The molecule has 1 atom stereocenters. The lowest BCUT2D eigenvalue weighted by atomic mass is 10.00. The maximum Gasteiger partial charge on any atom is 0.282 e. The molecule has 20 heavy (non-hydrogen) atoms. The highest BCUT2D eigenvalue weighted by Gasteiger charge is 2.40. The first-order valence-corrected chi connectivity index (χ1v) is 9.46. The Morgan fingerprint density at radius 1 is 1.25 bits per heavy atom. The van der Waals surface area contributed by atoms with Gasteiger partial charge >= 0.3 is 0 Å². The first-order valence-electron chi connectivity index (χ1n) is 8.07.